The average molecular weight is 613 g/mol. The fraction of sp³-hybridized carbons (Fsp3) is 0.156. The van der Waals surface area contributed by atoms with E-state index in [-0.39, 0.29) is 0 Å². The Bertz CT molecular complexity index is 2340. The zero-order valence-corrected chi connectivity index (χ0v) is 28.3. The minimum Gasteiger partial charge on any atom is -0.497 e. The molecule has 0 aliphatic carbocycles. The SMILES string of the molecule is CC.CC.COc1ccc2c(C#Cc3c4ccccc4c(C#Cc4cccc5cc(OC)ccc45)c4cc(C)ccc34)cccc2c1. The molecule has 232 valence electrons. The Balaban J connectivity index is 0.00000105. The first-order chi connectivity index (χ1) is 23.1. The monoisotopic (exact) mass is 612 g/mol. The highest BCUT2D eigenvalue weighted by atomic mass is 16.5. The predicted octanol–water partition coefficient (Wildman–Crippen LogP) is 11.5. The molecule has 7 aromatic rings. The summed E-state index contributed by atoms with van der Waals surface area (Å²) in [6.45, 7) is 10.1. The van der Waals surface area contributed by atoms with Crippen LogP contribution in [-0.4, -0.2) is 14.2 Å². The number of benzene rings is 7. The van der Waals surface area contributed by atoms with Gasteiger partial charge < -0.3 is 9.47 Å². The molecule has 2 nitrogen and oxygen atoms in total. The highest BCUT2D eigenvalue weighted by molar-refractivity contribution is 6.10. The fourth-order valence-electron chi connectivity index (χ4n) is 5.82. The lowest BCUT2D eigenvalue weighted by molar-refractivity contribution is 0.415. The van der Waals surface area contributed by atoms with Crippen molar-refractivity contribution in [3.63, 3.8) is 0 Å². The third-order valence-electron chi connectivity index (χ3n) is 8.00. The molecule has 0 unspecified atom stereocenters. The van der Waals surface area contributed by atoms with E-state index in [1.807, 2.05) is 58.0 Å². The quantitative estimate of drug-likeness (QED) is 0.143. The summed E-state index contributed by atoms with van der Waals surface area (Å²) in [5, 5.41) is 8.84. The largest absolute Gasteiger partial charge is 0.497 e. The summed E-state index contributed by atoms with van der Waals surface area (Å²) < 4.78 is 10.9. The van der Waals surface area contributed by atoms with Crippen LogP contribution in [0.4, 0.5) is 0 Å². The van der Waals surface area contributed by atoms with Crippen molar-refractivity contribution >= 4 is 43.1 Å². The molecule has 0 saturated heterocycles. The predicted molar refractivity (Wildman–Crippen MR) is 202 cm³/mol. The van der Waals surface area contributed by atoms with E-state index in [0.717, 1.165) is 76.8 Å². The molecule has 0 aliphatic rings. The van der Waals surface area contributed by atoms with Crippen molar-refractivity contribution in [3.05, 3.63) is 143 Å². The van der Waals surface area contributed by atoms with E-state index < -0.39 is 0 Å². The maximum Gasteiger partial charge on any atom is 0.119 e. The molecule has 0 N–H and O–H groups in total. The van der Waals surface area contributed by atoms with E-state index in [9.17, 15) is 0 Å². The van der Waals surface area contributed by atoms with Crippen molar-refractivity contribution in [1.82, 2.24) is 0 Å². The molecule has 47 heavy (non-hydrogen) atoms. The molecule has 0 spiro atoms. The Hall–Kier alpha value is -5.70. The van der Waals surface area contributed by atoms with E-state index in [1.54, 1.807) is 14.2 Å². The fourth-order valence-corrected chi connectivity index (χ4v) is 5.82. The highest BCUT2D eigenvalue weighted by Crippen LogP contribution is 2.34. The maximum atomic E-state index is 5.44. The summed E-state index contributed by atoms with van der Waals surface area (Å²) in [5.41, 5.74) is 5.19. The first-order valence-corrected chi connectivity index (χ1v) is 16.3. The van der Waals surface area contributed by atoms with Gasteiger partial charge in [0.1, 0.15) is 11.5 Å². The summed E-state index contributed by atoms with van der Waals surface area (Å²) in [6.07, 6.45) is 0. The zero-order valence-electron chi connectivity index (χ0n) is 28.3. The standard InChI is InChI=1S/C41H28O2.2C2H6/c1-27-14-19-39-38(20-15-28-8-6-10-30-25-32(42-2)17-22-34(28)30)36-12-4-5-13-37(36)40(41(39)24-27)21-16-29-9-7-11-31-26-33(43-3)18-23-35(29)31;2*1-2/h4-14,17-19,22-26H,1-3H3;2*1-2H3. The second kappa shape index (κ2) is 15.1. The van der Waals surface area contributed by atoms with Gasteiger partial charge in [0.25, 0.3) is 0 Å². The van der Waals surface area contributed by atoms with E-state index >= 15 is 0 Å². The van der Waals surface area contributed by atoms with Gasteiger partial charge in [-0.05, 0) is 98.5 Å². The first-order valence-electron chi connectivity index (χ1n) is 16.3. The van der Waals surface area contributed by atoms with Gasteiger partial charge in [0.15, 0.2) is 0 Å². The van der Waals surface area contributed by atoms with Crippen molar-refractivity contribution in [2.75, 3.05) is 14.2 Å². The van der Waals surface area contributed by atoms with Crippen LogP contribution in [0.1, 0.15) is 55.5 Å². The normalized spacial score (nSPS) is 10.1. The summed E-state index contributed by atoms with van der Waals surface area (Å²) in [7, 11) is 3.38. The van der Waals surface area contributed by atoms with Crippen LogP contribution in [0.5, 0.6) is 11.5 Å². The smallest absolute Gasteiger partial charge is 0.119 e. The molecule has 7 rings (SSSR count). The lowest BCUT2D eigenvalue weighted by Crippen LogP contribution is -1.92. The van der Waals surface area contributed by atoms with Gasteiger partial charge in [-0.15, -0.1) is 0 Å². The van der Waals surface area contributed by atoms with Gasteiger partial charge in [0, 0.05) is 22.3 Å². The number of ether oxygens (including phenoxy) is 2. The van der Waals surface area contributed by atoms with Crippen LogP contribution in [-0.2, 0) is 0 Å². The number of hydrogen-bond acceptors (Lipinski definition) is 2. The number of fused-ring (bicyclic) bond motifs is 4. The van der Waals surface area contributed by atoms with Crippen molar-refractivity contribution in [1.29, 1.82) is 0 Å². The highest BCUT2D eigenvalue weighted by Gasteiger charge is 2.12. The van der Waals surface area contributed by atoms with Gasteiger partial charge in [-0.2, -0.15) is 0 Å². The molecular formula is C45H40O2. The van der Waals surface area contributed by atoms with Crippen LogP contribution in [0.3, 0.4) is 0 Å². The van der Waals surface area contributed by atoms with Gasteiger partial charge in [-0.25, -0.2) is 0 Å². The van der Waals surface area contributed by atoms with E-state index in [1.165, 1.54) is 5.56 Å². The Morgan fingerprint density at radius 1 is 0.404 bits per heavy atom. The molecule has 0 radical (unpaired) electrons. The van der Waals surface area contributed by atoms with Crippen LogP contribution in [0, 0.1) is 30.6 Å². The minimum atomic E-state index is 0.838. The number of hydrogen-bond donors (Lipinski definition) is 0. The Kier molecular flexibility index (Phi) is 10.5. The summed E-state index contributed by atoms with van der Waals surface area (Å²) in [6, 6.07) is 39.7. The molecule has 0 atom stereocenters. The molecule has 0 bridgehead atoms. The second-order valence-corrected chi connectivity index (χ2v) is 10.6. The molecule has 0 aliphatic heterocycles. The third kappa shape index (κ3) is 6.65. The zero-order chi connectivity index (χ0) is 33.3. The average Bonchev–Trinajstić information content (AvgIpc) is 3.14. The third-order valence-corrected chi connectivity index (χ3v) is 8.00. The van der Waals surface area contributed by atoms with Crippen LogP contribution < -0.4 is 9.47 Å². The molecule has 2 heteroatoms. The Morgan fingerprint density at radius 3 is 1.34 bits per heavy atom. The topological polar surface area (TPSA) is 18.5 Å². The van der Waals surface area contributed by atoms with Gasteiger partial charge in [-0.3, -0.25) is 0 Å². The van der Waals surface area contributed by atoms with Crippen molar-refractivity contribution < 1.29 is 9.47 Å². The van der Waals surface area contributed by atoms with Crippen LogP contribution >= 0.6 is 0 Å². The van der Waals surface area contributed by atoms with Crippen LogP contribution in [0.15, 0.2) is 115 Å². The summed E-state index contributed by atoms with van der Waals surface area (Å²) in [4.78, 5) is 0. The maximum absolute atomic E-state index is 5.44. The minimum absolute atomic E-state index is 0.838. The van der Waals surface area contributed by atoms with E-state index in [0.29, 0.717) is 0 Å². The number of rotatable bonds is 2. The molecule has 0 amide bonds. The summed E-state index contributed by atoms with van der Waals surface area (Å²) >= 11 is 0. The molecule has 0 heterocycles. The van der Waals surface area contributed by atoms with Crippen molar-refractivity contribution in [3.8, 4) is 35.2 Å². The Morgan fingerprint density at radius 2 is 0.851 bits per heavy atom. The lowest BCUT2D eigenvalue weighted by atomic mass is 9.90. The van der Waals surface area contributed by atoms with E-state index in [2.05, 4.69) is 116 Å². The number of methoxy groups -OCH3 is 2. The molecule has 0 saturated carbocycles. The van der Waals surface area contributed by atoms with Gasteiger partial charge >= 0.3 is 0 Å². The molecular weight excluding hydrogens is 572 g/mol. The lowest BCUT2D eigenvalue weighted by Gasteiger charge is -2.12. The number of aryl methyl sites for hydroxylation is 1. The molecule has 7 aromatic carbocycles. The first kappa shape index (κ1) is 32.7. The molecule has 0 fully saturated rings. The van der Waals surface area contributed by atoms with Gasteiger partial charge in [0.2, 0.25) is 0 Å². The van der Waals surface area contributed by atoms with Crippen molar-refractivity contribution in [2.24, 2.45) is 0 Å². The second-order valence-electron chi connectivity index (χ2n) is 10.6. The van der Waals surface area contributed by atoms with Crippen molar-refractivity contribution in [2.45, 2.75) is 34.6 Å². The Labute approximate surface area is 279 Å². The van der Waals surface area contributed by atoms with Crippen LogP contribution in [0.2, 0.25) is 0 Å². The molecule has 0 aromatic heterocycles. The summed E-state index contributed by atoms with van der Waals surface area (Å²) in [5.74, 6) is 15.9. The van der Waals surface area contributed by atoms with E-state index in [4.69, 9.17) is 9.47 Å². The van der Waals surface area contributed by atoms with Gasteiger partial charge in [0.05, 0.1) is 14.2 Å². The van der Waals surface area contributed by atoms with Gasteiger partial charge in [-0.1, -0.05) is 124 Å². The van der Waals surface area contributed by atoms with Crippen LogP contribution in [0.25, 0.3) is 43.1 Å².